The van der Waals surface area contributed by atoms with Crippen molar-refractivity contribution in [2.24, 2.45) is 0 Å². The molecule has 0 unspecified atom stereocenters. The average molecular weight is 263 g/mol. The largest absolute Gasteiger partial charge is 0.507 e. The second-order valence-corrected chi connectivity index (χ2v) is 4.05. The Balaban J connectivity index is 2.31. The normalized spacial score (nSPS) is 10.3. The molecule has 0 aromatic heterocycles. The fraction of sp³-hybridized carbons (Fsp3) is 0.0714. The molecule has 0 aliphatic heterocycles. The van der Waals surface area contributed by atoms with E-state index < -0.39 is 17.5 Å². The van der Waals surface area contributed by atoms with E-state index in [0.29, 0.717) is 11.6 Å². The van der Waals surface area contributed by atoms with Gasteiger partial charge >= 0.3 is 0 Å². The van der Waals surface area contributed by atoms with E-state index in [1.165, 1.54) is 6.07 Å². The van der Waals surface area contributed by atoms with Gasteiger partial charge in [0.1, 0.15) is 17.4 Å². The van der Waals surface area contributed by atoms with E-state index >= 15 is 0 Å². The molecular weight excluding hydrogens is 252 g/mol. The van der Waals surface area contributed by atoms with Crippen molar-refractivity contribution in [1.29, 1.82) is 0 Å². The zero-order valence-corrected chi connectivity index (χ0v) is 10.1. The molecule has 0 bridgehead atoms. The third-order valence-corrected chi connectivity index (χ3v) is 2.66. The lowest BCUT2D eigenvalue weighted by atomic mass is 10.1. The lowest BCUT2D eigenvalue weighted by Gasteiger charge is -2.10. The molecule has 2 aromatic carbocycles. The summed E-state index contributed by atoms with van der Waals surface area (Å²) in [7, 11) is 0. The summed E-state index contributed by atoms with van der Waals surface area (Å²) in [5, 5.41) is 11.9. The number of aryl methyl sites for hydroxylation is 1. The molecular formula is C14H11F2NO2. The highest BCUT2D eigenvalue weighted by molar-refractivity contribution is 6.07. The van der Waals surface area contributed by atoms with Crippen molar-refractivity contribution in [2.45, 2.75) is 6.92 Å². The van der Waals surface area contributed by atoms with Crippen molar-refractivity contribution in [3.63, 3.8) is 0 Å². The molecule has 19 heavy (non-hydrogen) atoms. The maximum atomic E-state index is 13.4. The van der Waals surface area contributed by atoms with Crippen LogP contribution in [-0.2, 0) is 0 Å². The quantitative estimate of drug-likeness (QED) is 0.873. The first kappa shape index (κ1) is 13.0. The van der Waals surface area contributed by atoms with Crippen LogP contribution in [0.25, 0.3) is 0 Å². The molecule has 2 aromatic rings. The number of hydrogen-bond acceptors (Lipinski definition) is 2. The summed E-state index contributed by atoms with van der Waals surface area (Å²) >= 11 is 0. The Bertz CT molecular complexity index is 621. The average Bonchev–Trinajstić information content (AvgIpc) is 2.32. The van der Waals surface area contributed by atoms with Gasteiger partial charge in [-0.25, -0.2) is 8.78 Å². The number of phenolic OH excluding ortho intramolecular Hbond substituents is 1. The second-order valence-electron chi connectivity index (χ2n) is 4.05. The lowest BCUT2D eigenvalue weighted by molar-refractivity contribution is 0.102. The predicted molar refractivity (Wildman–Crippen MR) is 67.2 cm³/mol. The van der Waals surface area contributed by atoms with Gasteiger partial charge in [0, 0.05) is 6.07 Å². The molecule has 5 heteroatoms. The van der Waals surface area contributed by atoms with Gasteiger partial charge in [0.25, 0.3) is 5.91 Å². The third-order valence-electron chi connectivity index (χ3n) is 2.66. The number of hydrogen-bond donors (Lipinski definition) is 2. The number of benzene rings is 2. The highest BCUT2D eigenvalue weighted by atomic mass is 19.1. The first-order valence-corrected chi connectivity index (χ1v) is 5.54. The summed E-state index contributed by atoms with van der Waals surface area (Å²) < 4.78 is 26.2. The summed E-state index contributed by atoms with van der Waals surface area (Å²) in [6.45, 7) is 1.65. The van der Waals surface area contributed by atoms with Gasteiger partial charge in [-0.05, 0) is 30.7 Å². The molecule has 0 heterocycles. The van der Waals surface area contributed by atoms with E-state index in [-0.39, 0.29) is 17.0 Å². The van der Waals surface area contributed by atoms with Gasteiger partial charge in [-0.15, -0.1) is 0 Å². The van der Waals surface area contributed by atoms with E-state index in [9.17, 15) is 18.7 Å². The van der Waals surface area contributed by atoms with Crippen LogP contribution in [0.15, 0.2) is 36.4 Å². The topological polar surface area (TPSA) is 49.3 Å². The van der Waals surface area contributed by atoms with Crippen LogP contribution < -0.4 is 5.32 Å². The number of halogens is 2. The van der Waals surface area contributed by atoms with Crippen molar-refractivity contribution < 1.29 is 18.7 Å². The molecule has 1 amide bonds. The molecule has 2 N–H and O–H groups in total. The van der Waals surface area contributed by atoms with E-state index in [1.807, 2.05) is 0 Å². The van der Waals surface area contributed by atoms with E-state index in [2.05, 4.69) is 5.32 Å². The second kappa shape index (κ2) is 5.06. The van der Waals surface area contributed by atoms with Crippen LogP contribution in [-0.4, -0.2) is 11.0 Å². The van der Waals surface area contributed by atoms with Crippen LogP contribution in [0.5, 0.6) is 5.75 Å². The molecule has 3 nitrogen and oxygen atoms in total. The fourth-order valence-corrected chi connectivity index (χ4v) is 1.72. The summed E-state index contributed by atoms with van der Waals surface area (Å²) in [6, 6.07) is 7.44. The highest BCUT2D eigenvalue weighted by Crippen LogP contribution is 2.23. The third kappa shape index (κ3) is 2.70. The fourth-order valence-electron chi connectivity index (χ4n) is 1.72. The number of nitrogens with one attached hydrogen (secondary N) is 1. The van der Waals surface area contributed by atoms with Crippen LogP contribution in [0, 0.1) is 18.6 Å². The van der Waals surface area contributed by atoms with E-state index in [4.69, 9.17) is 0 Å². The molecule has 0 atom stereocenters. The molecule has 0 radical (unpaired) electrons. The number of phenols is 1. The van der Waals surface area contributed by atoms with Crippen molar-refractivity contribution in [3.8, 4) is 5.75 Å². The van der Waals surface area contributed by atoms with E-state index in [1.54, 1.807) is 19.1 Å². The number of amides is 1. The maximum absolute atomic E-state index is 13.4. The Morgan fingerprint density at radius 1 is 1.21 bits per heavy atom. The summed E-state index contributed by atoms with van der Waals surface area (Å²) in [6.07, 6.45) is 0. The summed E-state index contributed by atoms with van der Waals surface area (Å²) in [5.74, 6) is -2.45. The molecule has 0 fully saturated rings. The molecule has 2 rings (SSSR count). The Hall–Kier alpha value is -2.43. The van der Waals surface area contributed by atoms with Gasteiger partial charge in [-0.1, -0.05) is 12.1 Å². The minimum absolute atomic E-state index is 0.0613. The van der Waals surface area contributed by atoms with Gasteiger partial charge in [-0.3, -0.25) is 4.79 Å². The number of carbonyl (C=O) groups is 1. The van der Waals surface area contributed by atoms with Crippen molar-refractivity contribution in [2.75, 3.05) is 5.32 Å². The van der Waals surface area contributed by atoms with Gasteiger partial charge in [-0.2, -0.15) is 0 Å². The zero-order chi connectivity index (χ0) is 14.0. The Morgan fingerprint density at radius 2 is 1.95 bits per heavy atom. The highest BCUT2D eigenvalue weighted by Gasteiger charge is 2.15. The van der Waals surface area contributed by atoms with Crippen LogP contribution in [0.2, 0.25) is 0 Å². The minimum Gasteiger partial charge on any atom is -0.507 e. The van der Waals surface area contributed by atoms with Gasteiger partial charge in [0.05, 0.1) is 11.3 Å². The van der Waals surface area contributed by atoms with Crippen molar-refractivity contribution in [1.82, 2.24) is 0 Å². The predicted octanol–water partition coefficient (Wildman–Crippen LogP) is 3.23. The smallest absolute Gasteiger partial charge is 0.259 e. The Labute approximate surface area is 108 Å². The molecule has 0 aliphatic carbocycles. The number of rotatable bonds is 2. The molecule has 0 spiro atoms. The van der Waals surface area contributed by atoms with Gasteiger partial charge in [0.2, 0.25) is 0 Å². The lowest BCUT2D eigenvalue weighted by Crippen LogP contribution is -2.14. The zero-order valence-electron chi connectivity index (χ0n) is 10.1. The monoisotopic (exact) mass is 263 g/mol. The standard InChI is InChI=1S/C14H11F2NO2/c1-8-3-2-4-12(18)13(8)14(19)17-11-6-5-9(15)7-10(11)16/h2-7,18H,1H3,(H,17,19). The number of aromatic hydroxyl groups is 1. The van der Waals surface area contributed by atoms with Gasteiger partial charge in [0.15, 0.2) is 0 Å². The number of carbonyl (C=O) groups excluding carboxylic acids is 1. The van der Waals surface area contributed by atoms with Crippen LogP contribution >= 0.6 is 0 Å². The molecule has 0 aliphatic rings. The first-order valence-electron chi connectivity index (χ1n) is 5.54. The van der Waals surface area contributed by atoms with Crippen LogP contribution in [0.3, 0.4) is 0 Å². The van der Waals surface area contributed by atoms with E-state index in [0.717, 1.165) is 12.1 Å². The Kier molecular flexibility index (Phi) is 3.46. The van der Waals surface area contributed by atoms with Crippen molar-refractivity contribution >= 4 is 11.6 Å². The molecule has 98 valence electrons. The summed E-state index contributed by atoms with van der Waals surface area (Å²) in [5.41, 5.74) is 0.472. The van der Waals surface area contributed by atoms with Crippen LogP contribution in [0.1, 0.15) is 15.9 Å². The first-order chi connectivity index (χ1) is 8.99. The van der Waals surface area contributed by atoms with Crippen LogP contribution in [0.4, 0.5) is 14.5 Å². The Morgan fingerprint density at radius 3 is 2.58 bits per heavy atom. The molecule has 0 saturated heterocycles. The number of anilines is 1. The maximum Gasteiger partial charge on any atom is 0.259 e. The van der Waals surface area contributed by atoms with Crippen molar-refractivity contribution in [3.05, 3.63) is 59.2 Å². The minimum atomic E-state index is -0.874. The van der Waals surface area contributed by atoms with Gasteiger partial charge < -0.3 is 10.4 Å². The SMILES string of the molecule is Cc1cccc(O)c1C(=O)Nc1ccc(F)cc1F. The summed E-state index contributed by atoms with van der Waals surface area (Å²) in [4.78, 5) is 12.0. The molecule has 0 saturated carbocycles.